The van der Waals surface area contributed by atoms with E-state index in [0.717, 1.165) is 12.1 Å². The van der Waals surface area contributed by atoms with Gasteiger partial charge in [-0.15, -0.1) is 3.89 Å². The number of nitrogens with one attached hydrogen (secondary N) is 1. The minimum Gasteiger partial charge on any atom is -0.335 e. The highest BCUT2D eigenvalue weighted by molar-refractivity contribution is 7.86. The van der Waals surface area contributed by atoms with Gasteiger partial charge in [-0.1, -0.05) is 0 Å². The molecule has 1 aliphatic rings. The highest BCUT2D eigenvalue weighted by Gasteiger charge is 2.26. The largest absolute Gasteiger partial charge is 0.335 e. The van der Waals surface area contributed by atoms with E-state index in [1.165, 1.54) is 18.3 Å². The molecule has 10 heteroatoms. The third-order valence-electron chi connectivity index (χ3n) is 3.97. The second-order valence-electron chi connectivity index (χ2n) is 5.52. The van der Waals surface area contributed by atoms with Gasteiger partial charge in [0.1, 0.15) is 5.69 Å². The van der Waals surface area contributed by atoms with E-state index < -0.39 is 15.1 Å². The van der Waals surface area contributed by atoms with Crippen molar-refractivity contribution in [2.24, 2.45) is 0 Å². The van der Waals surface area contributed by atoms with Crippen LogP contribution in [-0.4, -0.2) is 66.4 Å². The predicted molar refractivity (Wildman–Crippen MR) is 85.1 cm³/mol. The fraction of sp³-hybridized carbons (Fsp3) is 0.267. The molecule has 1 aromatic heterocycles. The molecule has 3 rings (SSSR count). The number of halogens is 1. The van der Waals surface area contributed by atoms with Crippen molar-refractivity contribution in [1.29, 1.82) is 0 Å². The lowest BCUT2D eigenvalue weighted by molar-refractivity contribution is 0.0532. The van der Waals surface area contributed by atoms with Crippen LogP contribution in [0.5, 0.6) is 0 Å². The molecule has 132 valence electrons. The molecule has 0 saturated carbocycles. The molecular weight excluding hydrogens is 351 g/mol. The van der Waals surface area contributed by atoms with E-state index in [1.54, 1.807) is 15.9 Å². The van der Waals surface area contributed by atoms with Crippen molar-refractivity contribution in [3.05, 3.63) is 47.8 Å². The van der Waals surface area contributed by atoms with Gasteiger partial charge >= 0.3 is 10.2 Å². The second-order valence-corrected chi connectivity index (χ2v) is 6.86. The van der Waals surface area contributed by atoms with Crippen LogP contribution >= 0.6 is 0 Å². The zero-order valence-electron chi connectivity index (χ0n) is 13.1. The molecule has 1 aliphatic heterocycles. The van der Waals surface area contributed by atoms with Crippen LogP contribution in [0.1, 0.15) is 20.8 Å². The maximum atomic E-state index is 12.9. The van der Waals surface area contributed by atoms with Gasteiger partial charge in [-0.2, -0.15) is 13.5 Å². The standard InChI is InChI=1S/C15H15FN4O4S/c16-25(23,24)12-3-1-11(2-4-12)14(21)19-7-9-20(10-8-19)15(22)13-5-6-17-18-13/h1-6H,7-10H2,(H,17,18). The number of H-pyrrole nitrogens is 1. The first-order chi connectivity index (χ1) is 11.9. The Bertz CT molecular complexity index is 873. The van der Waals surface area contributed by atoms with Crippen LogP contribution in [0.15, 0.2) is 41.4 Å². The zero-order valence-corrected chi connectivity index (χ0v) is 13.9. The Kier molecular flexibility index (Phi) is 4.53. The number of hydrogen-bond donors (Lipinski definition) is 1. The maximum Gasteiger partial charge on any atom is 0.332 e. The summed E-state index contributed by atoms with van der Waals surface area (Å²) in [5.74, 6) is -0.474. The quantitative estimate of drug-likeness (QED) is 0.804. The molecule has 25 heavy (non-hydrogen) atoms. The van der Waals surface area contributed by atoms with Crippen molar-refractivity contribution in [1.82, 2.24) is 20.0 Å². The second kappa shape index (κ2) is 6.63. The van der Waals surface area contributed by atoms with Crippen molar-refractivity contribution in [2.45, 2.75) is 4.90 Å². The number of rotatable bonds is 3. The van der Waals surface area contributed by atoms with Crippen molar-refractivity contribution in [2.75, 3.05) is 26.2 Å². The Morgan fingerprint density at radius 3 is 2.00 bits per heavy atom. The van der Waals surface area contributed by atoms with E-state index in [2.05, 4.69) is 10.2 Å². The van der Waals surface area contributed by atoms with Crippen molar-refractivity contribution < 1.29 is 21.9 Å². The van der Waals surface area contributed by atoms with Gasteiger partial charge in [-0.25, -0.2) is 0 Å². The fourth-order valence-corrected chi connectivity index (χ4v) is 3.06. The summed E-state index contributed by atoms with van der Waals surface area (Å²) in [4.78, 5) is 27.3. The van der Waals surface area contributed by atoms with E-state index in [4.69, 9.17) is 0 Å². The van der Waals surface area contributed by atoms with Crippen LogP contribution in [0.25, 0.3) is 0 Å². The Morgan fingerprint density at radius 2 is 1.52 bits per heavy atom. The molecule has 0 bridgehead atoms. The Morgan fingerprint density at radius 1 is 0.960 bits per heavy atom. The van der Waals surface area contributed by atoms with Gasteiger partial charge in [0.15, 0.2) is 0 Å². The lowest BCUT2D eigenvalue weighted by atomic mass is 10.2. The first-order valence-corrected chi connectivity index (χ1v) is 8.87. The summed E-state index contributed by atoms with van der Waals surface area (Å²) in [6.45, 7) is 1.45. The average Bonchev–Trinajstić information content (AvgIpc) is 3.14. The Balaban J connectivity index is 1.63. The topological polar surface area (TPSA) is 103 Å². The first-order valence-electron chi connectivity index (χ1n) is 7.49. The van der Waals surface area contributed by atoms with Crippen LogP contribution < -0.4 is 0 Å². The van der Waals surface area contributed by atoms with E-state index in [9.17, 15) is 21.9 Å². The smallest absolute Gasteiger partial charge is 0.332 e. The molecule has 0 atom stereocenters. The summed E-state index contributed by atoms with van der Waals surface area (Å²) in [7, 11) is -4.79. The van der Waals surface area contributed by atoms with Crippen LogP contribution in [0, 0.1) is 0 Å². The van der Waals surface area contributed by atoms with Gasteiger partial charge in [0.05, 0.1) is 4.90 Å². The van der Waals surface area contributed by atoms with E-state index in [0.29, 0.717) is 31.9 Å². The molecule has 0 spiro atoms. The number of carbonyl (C=O) groups is 2. The normalized spacial score (nSPS) is 15.2. The molecule has 2 amide bonds. The summed E-state index contributed by atoms with van der Waals surface area (Å²) < 4.78 is 34.5. The molecule has 0 unspecified atom stereocenters. The van der Waals surface area contributed by atoms with E-state index >= 15 is 0 Å². The highest BCUT2D eigenvalue weighted by atomic mass is 32.3. The molecule has 8 nitrogen and oxygen atoms in total. The van der Waals surface area contributed by atoms with Gasteiger partial charge < -0.3 is 9.80 Å². The summed E-state index contributed by atoms with van der Waals surface area (Å²) >= 11 is 0. The number of hydrogen-bond acceptors (Lipinski definition) is 5. The van der Waals surface area contributed by atoms with Gasteiger partial charge in [-0.3, -0.25) is 14.7 Å². The Labute approximate surface area is 143 Å². The third-order valence-corrected chi connectivity index (χ3v) is 4.80. The number of nitrogens with zero attached hydrogens (tertiary/aromatic N) is 3. The van der Waals surface area contributed by atoms with Crippen LogP contribution in [0.3, 0.4) is 0 Å². The van der Waals surface area contributed by atoms with Gasteiger partial charge in [0, 0.05) is 37.9 Å². The molecule has 1 fully saturated rings. The highest BCUT2D eigenvalue weighted by Crippen LogP contribution is 2.15. The third kappa shape index (κ3) is 3.68. The molecule has 1 N–H and O–H groups in total. The number of benzene rings is 1. The van der Waals surface area contributed by atoms with Crippen LogP contribution in [0.4, 0.5) is 3.89 Å². The molecule has 0 radical (unpaired) electrons. The molecule has 1 saturated heterocycles. The molecule has 2 aromatic rings. The number of aromatic nitrogens is 2. The number of aromatic amines is 1. The van der Waals surface area contributed by atoms with Crippen molar-refractivity contribution in [3.63, 3.8) is 0 Å². The van der Waals surface area contributed by atoms with E-state index in [-0.39, 0.29) is 17.4 Å². The molecule has 2 heterocycles. The lowest BCUT2D eigenvalue weighted by Gasteiger charge is -2.34. The SMILES string of the molecule is O=C(c1ccc(S(=O)(=O)F)cc1)N1CCN(C(=O)c2ccn[nH]2)CC1. The number of amides is 2. The predicted octanol–water partition coefficient (Wildman–Crippen LogP) is 0.666. The van der Waals surface area contributed by atoms with Gasteiger partial charge in [0.2, 0.25) is 0 Å². The number of piperazine rings is 1. The summed E-state index contributed by atoms with van der Waals surface area (Å²) in [6, 6.07) is 6.25. The number of carbonyl (C=O) groups excluding carboxylic acids is 2. The minimum atomic E-state index is -4.79. The van der Waals surface area contributed by atoms with E-state index in [1.807, 2.05) is 0 Å². The summed E-state index contributed by atoms with van der Waals surface area (Å²) in [6.07, 6.45) is 1.49. The fourth-order valence-electron chi connectivity index (χ4n) is 2.60. The van der Waals surface area contributed by atoms with Crippen LogP contribution in [-0.2, 0) is 10.2 Å². The van der Waals surface area contributed by atoms with Crippen molar-refractivity contribution in [3.8, 4) is 0 Å². The zero-order chi connectivity index (χ0) is 18.0. The molecular formula is C15H15FN4O4S. The summed E-state index contributed by atoms with van der Waals surface area (Å²) in [5.41, 5.74) is 0.656. The average molecular weight is 366 g/mol. The van der Waals surface area contributed by atoms with Crippen LogP contribution in [0.2, 0.25) is 0 Å². The summed E-state index contributed by atoms with van der Waals surface area (Å²) in [5, 5.41) is 6.35. The van der Waals surface area contributed by atoms with Gasteiger partial charge in [0.25, 0.3) is 11.8 Å². The Hall–Kier alpha value is -2.75. The van der Waals surface area contributed by atoms with Crippen molar-refractivity contribution >= 4 is 22.0 Å². The molecule has 1 aromatic carbocycles. The van der Waals surface area contributed by atoms with Gasteiger partial charge in [-0.05, 0) is 30.3 Å². The first kappa shape index (κ1) is 17.1. The minimum absolute atomic E-state index is 0.179. The molecule has 0 aliphatic carbocycles. The maximum absolute atomic E-state index is 12.9. The monoisotopic (exact) mass is 366 g/mol. The lowest BCUT2D eigenvalue weighted by Crippen LogP contribution is -2.50.